The molecule has 2 aromatic carbocycles. The number of halogens is 1. The average Bonchev–Trinajstić information content (AvgIpc) is 2.79. The first-order valence-corrected chi connectivity index (χ1v) is 9.48. The lowest BCUT2D eigenvalue weighted by molar-refractivity contribution is 0.0518. The Morgan fingerprint density at radius 3 is 2.34 bits per heavy atom. The predicted octanol–water partition coefficient (Wildman–Crippen LogP) is 2.82. The Morgan fingerprint density at radius 2 is 1.72 bits per heavy atom. The molecule has 9 nitrogen and oxygen atoms in total. The van der Waals surface area contributed by atoms with Crippen molar-refractivity contribution in [1.29, 1.82) is 0 Å². The summed E-state index contributed by atoms with van der Waals surface area (Å²) in [7, 11) is 2.89. The molecule has 10 heteroatoms. The maximum Gasteiger partial charge on any atom is 0.360 e. The number of rotatable bonds is 7. The van der Waals surface area contributed by atoms with Crippen molar-refractivity contribution in [2.24, 2.45) is 0 Å². The van der Waals surface area contributed by atoms with Gasteiger partial charge in [0.2, 0.25) is 0 Å². The van der Waals surface area contributed by atoms with Crippen LogP contribution in [0, 0.1) is 5.82 Å². The highest BCUT2D eigenvalue weighted by atomic mass is 19.1. The largest absolute Gasteiger partial charge is 0.493 e. The zero-order valence-corrected chi connectivity index (χ0v) is 17.5. The van der Waals surface area contributed by atoms with Gasteiger partial charge in [-0.05, 0) is 49.4 Å². The van der Waals surface area contributed by atoms with E-state index in [2.05, 4.69) is 10.4 Å². The number of ether oxygens (including phenoxy) is 3. The van der Waals surface area contributed by atoms with E-state index in [1.807, 2.05) is 0 Å². The molecule has 0 aliphatic rings. The minimum absolute atomic E-state index is 0.0548. The molecule has 0 spiro atoms. The van der Waals surface area contributed by atoms with Crippen LogP contribution in [0.5, 0.6) is 11.5 Å². The van der Waals surface area contributed by atoms with E-state index in [0.717, 1.165) is 22.9 Å². The van der Waals surface area contributed by atoms with E-state index < -0.39 is 23.3 Å². The number of benzene rings is 2. The zero-order chi connectivity index (χ0) is 23.3. The summed E-state index contributed by atoms with van der Waals surface area (Å²) in [6.07, 6.45) is 0. The van der Waals surface area contributed by atoms with Crippen molar-refractivity contribution in [2.45, 2.75) is 6.92 Å². The molecular weight excluding hydrogens is 421 g/mol. The fourth-order valence-corrected chi connectivity index (χ4v) is 2.84. The van der Waals surface area contributed by atoms with Crippen LogP contribution in [0.3, 0.4) is 0 Å². The van der Waals surface area contributed by atoms with Crippen molar-refractivity contribution in [1.82, 2.24) is 9.78 Å². The third-order valence-electron chi connectivity index (χ3n) is 4.37. The Kier molecular flexibility index (Phi) is 6.83. The van der Waals surface area contributed by atoms with Gasteiger partial charge in [-0.1, -0.05) is 0 Å². The molecule has 1 aromatic heterocycles. The number of carbonyl (C=O) groups excluding carboxylic acids is 2. The van der Waals surface area contributed by atoms with Gasteiger partial charge < -0.3 is 19.5 Å². The molecule has 1 N–H and O–H groups in total. The summed E-state index contributed by atoms with van der Waals surface area (Å²) in [6.45, 7) is 1.66. The van der Waals surface area contributed by atoms with Gasteiger partial charge in [-0.2, -0.15) is 9.78 Å². The van der Waals surface area contributed by atoms with Crippen molar-refractivity contribution < 1.29 is 28.2 Å². The highest BCUT2D eigenvalue weighted by Gasteiger charge is 2.21. The number of carbonyl (C=O) groups is 2. The first-order chi connectivity index (χ1) is 15.4. The molecule has 32 heavy (non-hydrogen) atoms. The third-order valence-corrected chi connectivity index (χ3v) is 4.37. The molecule has 166 valence electrons. The highest BCUT2D eigenvalue weighted by Crippen LogP contribution is 2.28. The van der Waals surface area contributed by atoms with Crippen LogP contribution in [0.1, 0.15) is 27.8 Å². The van der Waals surface area contributed by atoms with Crippen molar-refractivity contribution in [3.05, 3.63) is 76.0 Å². The van der Waals surface area contributed by atoms with Gasteiger partial charge in [0, 0.05) is 11.6 Å². The molecule has 0 aliphatic carbocycles. The first-order valence-electron chi connectivity index (χ1n) is 9.48. The van der Waals surface area contributed by atoms with Crippen molar-refractivity contribution in [2.75, 3.05) is 26.1 Å². The Balaban J connectivity index is 2.02. The van der Waals surface area contributed by atoms with Crippen molar-refractivity contribution >= 4 is 17.6 Å². The van der Waals surface area contributed by atoms with E-state index in [1.54, 1.807) is 13.0 Å². The van der Waals surface area contributed by atoms with Crippen LogP contribution < -0.4 is 20.3 Å². The lowest BCUT2D eigenvalue weighted by Gasteiger charge is -2.13. The molecule has 1 amide bonds. The molecule has 0 unspecified atom stereocenters. The van der Waals surface area contributed by atoms with Crippen LogP contribution >= 0.6 is 0 Å². The fourth-order valence-electron chi connectivity index (χ4n) is 2.84. The number of anilines is 1. The second-order valence-electron chi connectivity index (χ2n) is 6.38. The molecule has 3 rings (SSSR count). The van der Waals surface area contributed by atoms with E-state index >= 15 is 0 Å². The van der Waals surface area contributed by atoms with Crippen LogP contribution in [-0.4, -0.2) is 42.5 Å². The van der Waals surface area contributed by atoms with Crippen molar-refractivity contribution in [3.63, 3.8) is 0 Å². The molecule has 0 saturated carbocycles. The zero-order valence-electron chi connectivity index (χ0n) is 17.5. The second-order valence-corrected chi connectivity index (χ2v) is 6.38. The standard InChI is InChI=1S/C22H20FN3O6/c1-4-32-22(29)20-16(12-19(27)26(25-20)15-8-6-14(23)7-9-15)24-21(28)13-5-10-17(30-2)18(11-13)31-3/h5-12H,4H2,1-3H3,(H,24,28). The maximum atomic E-state index is 13.2. The van der Waals surface area contributed by atoms with Crippen LogP contribution in [0.2, 0.25) is 0 Å². The van der Waals surface area contributed by atoms with E-state index in [4.69, 9.17) is 14.2 Å². The predicted molar refractivity (Wildman–Crippen MR) is 113 cm³/mol. The summed E-state index contributed by atoms with van der Waals surface area (Å²) in [5.74, 6) is -1.19. The average molecular weight is 441 g/mol. The minimum Gasteiger partial charge on any atom is -0.493 e. The van der Waals surface area contributed by atoms with E-state index in [0.29, 0.717) is 11.5 Å². The van der Waals surface area contributed by atoms with Gasteiger partial charge in [0.15, 0.2) is 17.2 Å². The molecule has 0 radical (unpaired) electrons. The number of nitrogens with zero attached hydrogens (tertiary/aromatic N) is 2. The smallest absolute Gasteiger partial charge is 0.360 e. The number of hydrogen-bond donors (Lipinski definition) is 1. The highest BCUT2D eigenvalue weighted by molar-refractivity contribution is 6.07. The Labute approximate surface area is 182 Å². The van der Waals surface area contributed by atoms with Crippen LogP contribution in [0.4, 0.5) is 10.1 Å². The molecule has 3 aromatic rings. The summed E-state index contributed by atoms with van der Waals surface area (Å²) in [4.78, 5) is 37.9. The Hall–Kier alpha value is -4.21. The Bertz CT molecular complexity index is 1210. The molecule has 0 aliphatic heterocycles. The number of methoxy groups -OCH3 is 2. The summed E-state index contributed by atoms with van der Waals surface area (Å²) in [5.41, 5.74) is -0.636. The third kappa shape index (κ3) is 4.75. The lowest BCUT2D eigenvalue weighted by atomic mass is 10.1. The number of nitrogens with one attached hydrogen (secondary N) is 1. The second kappa shape index (κ2) is 9.73. The molecule has 0 bridgehead atoms. The number of amides is 1. The molecule has 0 saturated heterocycles. The van der Waals surface area contributed by atoms with E-state index in [9.17, 15) is 18.8 Å². The van der Waals surface area contributed by atoms with E-state index in [-0.39, 0.29) is 29.2 Å². The van der Waals surface area contributed by atoms with Gasteiger partial charge in [0.25, 0.3) is 11.5 Å². The van der Waals surface area contributed by atoms with E-state index in [1.165, 1.54) is 38.5 Å². The van der Waals surface area contributed by atoms with Crippen molar-refractivity contribution in [3.8, 4) is 17.2 Å². The van der Waals surface area contributed by atoms with Crippen LogP contribution in [0.25, 0.3) is 5.69 Å². The van der Waals surface area contributed by atoms with Crippen LogP contribution in [0.15, 0.2) is 53.3 Å². The molecule has 0 fully saturated rings. The summed E-state index contributed by atoms with van der Waals surface area (Å²) in [6, 6.07) is 10.5. The van der Waals surface area contributed by atoms with Gasteiger partial charge in [0.05, 0.1) is 32.2 Å². The number of esters is 1. The van der Waals surface area contributed by atoms with Gasteiger partial charge in [-0.25, -0.2) is 9.18 Å². The van der Waals surface area contributed by atoms with Crippen LogP contribution in [-0.2, 0) is 4.74 Å². The molecular formula is C22H20FN3O6. The quantitative estimate of drug-likeness (QED) is 0.562. The monoisotopic (exact) mass is 441 g/mol. The van der Waals surface area contributed by atoms with Gasteiger partial charge in [-0.3, -0.25) is 9.59 Å². The summed E-state index contributed by atoms with van der Waals surface area (Å²) < 4.78 is 29.5. The van der Waals surface area contributed by atoms with Gasteiger partial charge in [0.1, 0.15) is 5.82 Å². The maximum absolute atomic E-state index is 13.2. The van der Waals surface area contributed by atoms with Gasteiger partial charge >= 0.3 is 5.97 Å². The summed E-state index contributed by atoms with van der Waals surface area (Å²) in [5, 5.41) is 6.56. The SMILES string of the molecule is CCOC(=O)c1nn(-c2ccc(F)cc2)c(=O)cc1NC(=O)c1ccc(OC)c(OC)c1. The Morgan fingerprint density at radius 1 is 1.03 bits per heavy atom. The topological polar surface area (TPSA) is 109 Å². The number of hydrogen-bond acceptors (Lipinski definition) is 7. The number of aromatic nitrogens is 2. The minimum atomic E-state index is -0.842. The lowest BCUT2D eigenvalue weighted by Crippen LogP contribution is -2.27. The first kappa shape index (κ1) is 22.5. The molecule has 1 heterocycles. The normalized spacial score (nSPS) is 10.4. The fraction of sp³-hybridized carbons (Fsp3) is 0.182. The van der Waals surface area contributed by atoms with Gasteiger partial charge in [-0.15, -0.1) is 0 Å². The summed E-state index contributed by atoms with van der Waals surface area (Å²) >= 11 is 0. The molecule has 0 atom stereocenters.